The fourth-order valence-electron chi connectivity index (χ4n) is 3.92. The van der Waals surface area contributed by atoms with Crippen molar-refractivity contribution >= 4 is 16.8 Å². The average Bonchev–Trinajstić information content (AvgIpc) is 2.96. The lowest BCUT2D eigenvalue weighted by Gasteiger charge is -2.17. The van der Waals surface area contributed by atoms with Crippen LogP contribution in [0.3, 0.4) is 0 Å². The molecule has 0 unspecified atom stereocenters. The number of pyridine rings is 1. The molecule has 0 spiro atoms. The van der Waals surface area contributed by atoms with Crippen LogP contribution in [0.1, 0.15) is 54.4 Å². The second-order valence-electron chi connectivity index (χ2n) is 7.60. The van der Waals surface area contributed by atoms with Crippen LogP contribution < -0.4 is 5.32 Å². The summed E-state index contributed by atoms with van der Waals surface area (Å²) in [5.41, 5.74) is 4.68. The van der Waals surface area contributed by atoms with E-state index in [1.54, 1.807) is 0 Å². The minimum absolute atomic E-state index is 0.0221. The molecule has 1 fully saturated rings. The quantitative estimate of drug-likeness (QED) is 0.614. The monoisotopic (exact) mass is 358 g/mol. The second kappa shape index (κ2) is 7.91. The van der Waals surface area contributed by atoms with Gasteiger partial charge in [-0.05, 0) is 31.9 Å². The van der Waals surface area contributed by atoms with Crippen LogP contribution in [0.4, 0.5) is 0 Å². The Balaban J connectivity index is 1.71. The molecule has 1 aliphatic rings. The predicted octanol–water partition coefficient (Wildman–Crippen LogP) is 5.66. The van der Waals surface area contributed by atoms with Crippen molar-refractivity contribution in [2.24, 2.45) is 0 Å². The molecule has 0 radical (unpaired) electrons. The van der Waals surface area contributed by atoms with E-state index >= 15 is 0 Å². The molecule has 0 atom stereocenters. The molecule has 1 aromatic heterocycles. The van der Waals surface area contributed by atoms with Crippen LogP contribution >= 0.6 is 0 Å². The van der Waals surface area contributed by atoms with Gasteiger partial charge < -0.3 is 5.32 Å². The van der Waals surface area contributed by atoms with Gasteiger partial charge in [-0.15, -0.1) is 0 Å². The largest absolute Gasteiger partial charge is 0.349 e. The van der Waals surface area contributed by atoms with Crippen molar-refractivity contribution in [3.8, 4) is 11.3 Å². The highest BCUT2D eigenvalue weighted by Gasteiger charge is 2.18. The van der Waals surface area contributed by atoms with Crippen LogP contribution in [-0.4, -0.2) is 16.9 Å². The SMILES string of the molecule is Cc1ccc(-c2cc(C(=O)NC3CCCCCC3)c3ccccc3n2)cc1. The molecule has 0 aliphatic heterocycles. The summed E-state index contributed by atoms with van der Waals surface area (Å²) >= 11 is 0. The van der Waals surface area contributed by atoms with Crippen molar-refractivity contribution in [1.29, 1.82) is 0 Å². The van der Waals surface area contributed by atoms with E-state index in [2.05, 4.69) is 36.5 Å². The van der Waals surface area contributed by atoms with Crippen LogP contribution in [-0.2, 0) is 0 Å². The molecule has 2 aromatic carbocycles. The van der Waals surface area contributed by atoms with Crippen LogP contribution in [0, 0.1) is 6.92 Å². The Morgan fingerprint density at radius 1 is 0.963 bits per heavy atom. The van der Waals surface area contributed by atoms with Crippen molar-refractivity contribution < 1.29 is 4.79 Å². The van der Waals surface area contributed by atoms with Crippen molar-refractivity contribution in [2.45, 2.75) is 51.5 Å². The number of para-hydroxylation sites is 1. The molecule has 1 amide bonds. The van der Waals surface area contributed by atoms with E-state index in [9.17, 15) is 4.79 Å². The number of hydrogen-bond acceptors (Lipinski definition) is 2. The highest BCUT2D eigenvalue weighted by molar-refractivity contribution is 6.07. The van der Waals surface area contributed by atoms with E-state index in [0.717, 1.165) is 40.6 Å². The zero-order valence-corrected chi connectivity index (χ0v) is 15.9. The van der Waals surface area contributed by atoms with Gasteiger partial charge in [-0.25, -0.2) is 4.98 Å². The minimum atomic E-state index is 0.0221. The molecular formula is C24H26N2O. The summed E-state index contributed by atoms with van der Waals surface area (Å²) < 4.78 is 0. The maximum Gasteiger partial charge on any atom is 0.252 e. The topological polar surface area (TPSA) is 42.0 Å². The molecule has 138 valence electrons. The number of hydrogen-bond donors (Lipinski definition) is 1. The number of benzene rings is 2. The van der Waals surface area contributed by atoms with Gasteiger partial charge >= 0.3 is 0 Å². The van der Waals surface area contributed by atoms with Gasteiger partial charge in [0.25, 0.3) is 5.91 Å². The van der Waals surface area contributed by atoms with Crippen molar-refractivity contribution in [2.75, 3.05) is 0 Å². The number of aromatic nitrogens is 1. The number of carbonyl (C=O) groups is 1. The van der Waals surface area contributed by atoms with Crippen LogP contribution in [0.15, 0.2) is 54.6 Å². The number of carbonyl (C=O) groups excluding carboxylic acids is 1. The maximum atomic E-state index is 13.1. The van der Waals surface area contributed by atoms with E-state index in [0.29, 0.717) is 0 Å². The third kappa shape index (κ3) is 4.02. The molecule has 27 heavy (non-hydrogen) atoms. The van der Waals surface area contributed by atoms with Gasteiger partial charge in [0.15, 0.2) is 0 Å². The highest BCUT2D eigenvalue weighted by atomic mass is 16.1. The van der Waals surface area contributed by atoms with Crippen LogP contribution in [0.2, 0.25) is 0 Å². The highest BCUT2D eigenvalue weighted by Crippen LogP contribution is 2.26. The summed E-state index contributed by atoms with van der Waals surface area (Å²) in [6, 6.07) is 18.4. The summed E-state index contributed by atoms with van der Waals surface area (Å²) in [6.45, 7) is 2.07. The minimum Gasteiger partial charge on any atom is -0.349 e. The lowest BCUT2D eigenvalue weighted by molar-refractivity contribution is 0.0935. The Hall–Kier alpha value is -2.68. The van der Waals surface area contributed by atoms with Gasteiger partial charge in [-0.2, -0.15) is 0 Å². The van der Waals surface area contributed by atoms with Crippen LogP contribution in [0.5, 0.6) is 0 Å². The molecule has 0 bridgehead atoms. The average molecular weight is 358 g/mol. The molecule has 4 rings (SSSR count). The van der Waals surface area contributed by atoms with Crippen LogP contribution in [0.25, 0.3) is 22.2 Å². The Labute approximate surface area is 160 Å². The summed E-state index contributed by atoms with van der Waals surface area (Å²) in [5.74, 6) is 0.0221. The van der Waals surface area contributed by atoms with E-state index in [1.807, 2.05) is 30.3 Å². The van der Waals surface area contributed by atoms with Crippen molar-refractivity contribution in [3.63, 3.8) is 0 Å². The third-order valence-electron chi connectivity index (χ3n) is 5.50. The van der Waals surface area contributed by atoms with E-state index in [4.69, 9.17) is 4.98 Å². The first-order chi connectivity index (χ1) is 13.2. The number of nitrogens with one attached hydrogen (secondary N) is 1. The summed E-state index contributed by atoms with van der Waals surface area (Å²) in [5, 5.41) is 4.20. The lowest BCUT2D eigenvalue weighted by Crippen LogP contribution is -2.34. The van der Waals surface area contributed by atoms with Gasteiger partial charge in [0, 0.05) is 17.0 Å². The summed E-state index contributed by atoms with van der Waals surface area (Å²) in [6.07, 6.45) is 7.14. The first kappa shape index (κ1) is 17.7. The molecule has 0 saturated heterocycles. The lowest BCUT2D eigenvalue weighted by atomic mass is 10.0. The number of rotatable bonds is 3. The van der Waals surface area contributed by atoms with E-state index in [-0.39, 0.29) is 11.9 Å². The fourth-order valence-corrected chi connectivity index (χ4v) is 3.92. The van der Waals surface area contributed by atoms with Gasteiger partial charge in [-0.1, -0.05) is 73.7 Å². The van der Waals surface area contributed by atoms with Crippen molar-refractivity contribution in [1.82, 2.24) is 10.3 Å². The number of aryl methyl sites for hydroxylation is 1. The van der Waals surface area contributed by atoms with Gasteiger partial charge in [0.2, 0.25) is 0 Å². The zero-order valence-electron chi connectivity index (χ0n) is 15.9. The Morgan fingerprint density at radius 2 is 1.67 bits per heavy atom. The Morgan fingerprint density at radius 3 is 2.41 bits per heavy atom. The van der Waals surface area contributed by atoms with Gasteiger partial charge in [-0.3, -0.25) is 4.79 Å². The molecule has 1 N–H and O–H groups in total. The Bertz CT molecular complexity index is 938. The number of nitrogens with zero attached hydrogens (tertiary/aromatic N) is 1. The molecule has 1 aliphatic carbocycles. The normalized spacial score (nSPS) is 15.4. The second-order valence-corrected chi connectivity index (χ2v) is 7.60. The zero-order chi connectivity index (χ0) is 18.6. The summed E-state index contributed by atoms with van der Waals surface area (Å²) in [4.78, 5) is 17.9. The predicted molar refractivity (Wildman–Crippen MR) is 111 cm³/mol. The third-order valence-corrected chi connectivity index (χ3v) is 5.50. The smallest absolute Gasteiger partial charge is 0.252 e. The number of amides is 1. The number of fused-ring (bicyclic) bond motifs is 1. The molecule has 3 heteroatoms. The maximum absolute atomic E-state index is 13.1. The molecule has 1 heterocycles. The summed E-state index contributed by atoms with van der Waals surface area (Å²) in [7, 11) is 0. The molecule has 3 aromatic rings. The first-order valence-corrected chi connectivity index (χ1v) is 9.98. The van der Waals surface area contributed by atoms with E-state index < -0.39 is 0 Å². The van der Waals surface area contributed by atoms with Gasteiger partial charge in [0.1, 0.15) is 0 Å². The first-order valence-electron chi connectivity index (χ1n) is 9.98. The molecule has 3 nitrogen and oxygen atoms in total. The van der Waals surface area contributed by atoms with Crippen molar-refractivity contribution in [3.05, 3.63) is 65.7 Å². The molecular weight excluding hydrogens is 332 g/mol. The molecule has 1 saturated carbocycles. The fraction of sp³-hybridized carbons (Fsp3) is 0.333. The standard InChI is InChI=1S/C24H26N2O/c1-17-12-14-18(15-13-17)23-16-21(20-10-6-7-11-22(20)26-23)24(27)25-19-8-4-2-3-5-9-19/h6-7,10-16,19H,2-5,8-9H2,1H3,(H,25,27). The Kier molecular flexibility index (Phi) is 5.19. The van der Waals surface area contributed by atoms with Gasteiger partial charge in [0.05, 0.1) is 16.8 Å². The van der Waals surface area contributed by atoms with E-state index in [1.165, 1.54) is 31.2 Å².